The smallest absolute Gasteiger partial charge is 0.307 e. The molecule has 1 aromatic rings. The fourth-order valence-corrected chi connectivity index (χ4v) is 1.88. The maximum absolute atomic E-state index is 11.4. The van der Waals surface area contributed by atoms with E-state index < -0.39 is 0 Å². The Balaban J connectivity index is 2.82. The van der Waals surface area contributed by atoms with Crippen LogP contribution in [0.2, 0.25) is 0 Å². The molecule has 0 saturated carbocycles. The Morgan fingerprint density at radius 2 is 1.79 bits per heavy atom. The lowest BCUT2D eigenvalue weighted by Crippen LogP contribution is -2.23. The third kappa shape index (κ3) is 4.91. The summed E-state index contributed by atoms with van der Waals surface area (Å²) < 4.78 is 10.3. The number of hydrogen-bond acceptors (Lipinski definition) is 4. The Kier molecular flexibility index (Phi) is 5.83. The van der Waals surface area contributed by atoms with E-state index in [1.54, 1.807) is 0 Å². The Bertz CT molecular complexity index is 398. The van der Waals surface area contributed by atoms with E-state index in [-0.39, 0.29) is 18.1 Å². The van der Waals surface area contributed by atoms with Crippen molar-refractivity contribution >= 4 is 5.97 Å². The zero-order chi connectivity index (χ0) is 14.4. The van der Waals surface area contributed by atoms with Crippen LogP contribution < -0.4 is 4.74 Å². The van der Waals surface area contributed by atoms with Crippen LogP contribution in [0.5, 0.6) is 5.75 Å². The lowest BCUT2D eigenvalue weighted by atomic mass is 10.0. The van der Waals surface area contributed by atoms with Crippen LogP contribution in [-0.2, 0) is 9.53 Å². The van der Waals surface area contributed by atoms with E-state index >= 15 is 0 Å². The number of hydrogen-bond donors (Lipinski definition) is 0. The minimum atomic E-state index is -0.207. The van der Waals surface area contributed by atoms with Gasteiger partial charge in [0.2, 0.25) is 0 Å². The zero-order valence-corrected chi connectivity index (χ0v) is 12.3. The second-order valence-corrected chi connectivity index (χ2v) is 5.00. The summed E-state index contributed by atoms with van der Waals surface area (Å²) in [6.07, 6.45) is 0.499. The van der Waals surface area contributed by atoms with Gasteiger partial charge in [-0.05, 0) is 45.6 Å². The fraction of sp³-hybridized carbons (Fsp3) is 0.533. The summed E-state index contributed by atoms with van der Waals surface area (Å²) in [6, 6.07) is 7.86. The molecular weight excluding hydrogens is 242 g/mol. The minimum Gasteiger partial charge on any atom is -0.491 e. The van der Waals surface area contributed by atoms with E-state index in [1.807, 2.05) is 57.1 Å². The second kappa shape index (κ2) is 7.14. The molecular formula is C15H23NO3. The highest BCUT2D eigenvalue weighted by atomic mass is 16.5. The van der Waals surface area contributed by atoms with Gasteiger partial charge in [-0.2, -0.15) is 0 Å². The van der Waals surface area contributed by atoms with Crippen LogP contribution in [0, 0.1) is 0 Å². The van der Waals surface area contributed by atoms with E-state index in [9.17, 15) is 4.79 Å². The Hall–Kier alpha value is -1.55. The van der Waals surface area contributed by atoms with Crippen LogP contribution in [0.15, 0.2) is 24.3 Å². The van der Waals surface area contributed by atoms with Gasteiger partial charge in [-0.25, -0.2) is 0 Å². The van der Waals surface area contributed by atoms with Gasteiger partial charge in [0.25, 0.3) is 0 Å². The summed E-state index contributed by atoms with van der Waals surface area (Å²) in [5.41, 5.74) is 1.08. The number of carbonyl (C=O) groups excluding carboxylic acids is 1. The van der Waals surface area contributed by atoms with Crippen molar-refractivity contribution in [2.45, 2.75) is 32.4 Å². The molecule has 4 heteroatoms. The molecule has 0 bridgehead atoms. The molecule has 0 saturated heterocycles. The van der Waals surface area contributed by atoms with Crippen molar-refractivity contribution in [1.82, 2.24) is 4.90 Å². The Morgan fingerprint density at radius 1 is 1.21 bits per heavy atom. The van der Waals surface area contributed by atoms with Crippen molar-refractivity contribution in [2.75, 3.05) is 21.2 Å². The first-order valence-electron chi connectivity index (χ1n) is 6.44. The number of benzene rings is 1. The van der Waals surface area contributed by atoms with Gasteiger partial charge in [0, 0.05) is 6.04 Å². The lowest BCUT2D eigenvalue weighted by molar-refractivity contribution is -0.141. The van der Waals surface area contributed by atoms with E-state index in [0.717, 1.165) is 11.3 Å². The number of carbonyl (C=O) groups is 1. The highest BCUT2D eigenvalue weighted by Crippen LogP contribution is 2.25. The molecule has 0 radical (unpaired) electrons. The molecule has 0 spiro atoms. The lowest BCUT2D eigenvalue weighted by Gasteiger charge is -2.24. The van der Waals surface area contributed by atoms with E-state index in [2.05, 4.69) is 0 Å². The molecule has 0 aliphatic rings. The van der Waals surface area contributed by atoms with Gasteiger partial charge >= 0.3 is 5.97 Å². The van der Waals surface area contributed by atoms with Crippen LogP contribution in [0.1, 0.15) is 31.9 Å². The summed E-state index contributed by atoms with van der Waals surface area (Å²) in [4.78, 5) is 13.4. The number of nitrogens with zero attached hydrogens (tertiary/aromatic N) is 1. The number of esters is 1. The average molecular weight is 265 g/mol. The number of methoxy groups -OCH3 is 1. The van der Waals surface area contributed by atoms with Gasteiger partial charge in [-0.15, -0.1) is 0 Å². The number of rotatable bonds is 6. The summed E-state index contributed by atoms with van der Waals surface area (Å²) in [7, 11) is 5.31. The molecule has 0 fully saturated rings. The highest BCUT2D eigenvalue weighted by molar-refractivity contribution is 5.70. The Morgan fingerprint density at radius 3 is 2.21 bits per heavy atom. The quantitative estimate of drug-likeness (QED) is 0.741. The molecule has 1 unspecified atom stereocenters. The molecule has 1 aromatic carbocycles. The standard InChI is InChI=1S/C15H23NO3/c1-11(2)19-13-8-6-12(7-9-13)14(16(3)4)10-15(17)18-5/h6-9,11,14H,10H2,1-5H3. The zero-order valence-electron chi connectivity index (χ0n) is 12.3. The molecule has 0 aromatic heterocycles. The molecule has 0 aliphatic heterocycles. The molecule has 19 heavy (non-hydrogen) atoms. The second-order valence-electron chi connectivity index (χ2n) is 5.00. The van der Waals surface area contributed by atoms with Crippen molar-refractivity contribution in [3.05, 3.63) is 29.8 Å². The van der Waals surface area contributed by atoms with Gasteiger partial charge in [0.05, 0.1) is 19.6 Å². The summed E-state index contributed by atoms with van der Waals surface area (Å²) in [5.74, 6) is 0.635. The third-order valence-electron chi connectivity index (χ3n) is 2.85. The monoisotopic (exact) mass is 265 g/mol. The maximum atomic E-state index is 11.4. The molecule has 1 atom stereocenters. The van der Waals surface area contributed by atoms with Crippen LogP contribution >= 0.6 is 0 Å². The first kappa shape index (κ1) is 15.5. The van der Waals surface area contributed by atoms with E-state index in [1.165, 1.54) is 7.11 Å². The molecule has 0 heterocycles. The van der Waals surface area contributed by atoms with Crippen molar-refractivity contribution in [3.63, 3.8) is 0 Å². The van der Waals surface area contributed by atoms with Gasteiger partial charge < -0.3 is 14.4 Å². The van der Waals surface area contributed by atoms with Gasteiger partial charge in [0.15, 0.2) is 0 Å². The normalized spacial score (nSPS) is 12.6. The maximum Gasteiger partial charge on any atom is 0.307 e. The molecule has 0 N–H and O–H groups in total. The predicted molar refractivity (Wildman–Crippen MR) is 75.3 cm³/mol. The van der Waals surface area contributed by atoms with Crippen LogP contribution in [0.4, 0.5) is 0 Å². The topological polar surface area (TPSA) is 38.8 Å². The van der Waals surface area contributed by atoms with Gasteiger partial charge in [-0.3, -0.25) is 4.79 Å². The van der Waals surface area contributed by atoms with Crippen molar-refractivity contribution < 1.29 is 14.3 Å². The van der Waals surface area contributed by atoms with Crippen LogP contribution in [0.3, 0.4) is 0 Å². The summed E-state index contributed by atoms with van der Waals surface area (Å²) in [6.45, 7) is 3.99. The summed E-state index contributed by atoms with van der Waals surface area (Å²) in [5, 5.41) is 0. The van der Waals surface area contributed by atoms with Crippen LogP contribution in [0.25, 0.3) is 0 Å². The van der Waals surface area contributed by atoms with Crippen molar-refractivity contribution in [3.8, 4) is 5.75 Å². The number of ether oxygens (including phenoxy) is 2. The fourth-order valence-electron chi connectivity index (χ4n) is 1.88. The Labute approximate surface area is 115 Å². The third-order valence-corrected chi connectivity index (χ3v) is 2.85. The molecule has 4 nitrogen and oxygen atoms in total. The van der Waals surface area contributed by atoms with Gasteiger partial charge in [-0.1, -0.05) is 12.1 Å². The molecule has 1 rings (SSSR count). The van der Waals surface area contributed by atoms with Crippen molar-refractivity contribution in [1.29, 1.82) is 0 Å². The minimum absolute atomic E-state index is 0.0144. The van der Waals surface area contributed by atoms with Crippen LogP contribution in [-0.4, -0.2) is 38.2 Å². The molecule has 0 aliphatic carbocycles. The molecule has 0 amide bonds. The summed E-state index contributed by atoms with van der Waals surface area (Å²) >= 11 is 0. The first-order valence-corrected chi connectivity index (χ1v) is 6.44. The average Bonchev–Trinajstić information content (AvgIpc) is 2.35. The molecule has 106 valence electrons. The SMILES string of the molecule is COC(=O)CC(c1ccc(OC(C)C)cc1)N(C)C. The largest absolute Gasteiger partial charge is 0.491 e. The van der Waals surface area contributed by atoms with E-state index in [4.69, 9.17) is 9.47 Å². The van der Waals surface area contributed by atoms with E-state index in [0.29, 0.717) is 6.42 Å². The first-order chi connectivity index (χ1) is 8.93. The van der Waals surface area contributed by atoms with Gasteiger partial charge in [0.1, 0.15) is 5.75 Å². The highest BCUT2D eigenvalue weighted by Gasteiger charge is 2.18. The van der Waals surface area contributed by atoms with Crippen molar-refractivity contribution in [2.24, 2.45) is 0 Å². The predicted octanol–water partition coefficient (Wildman–Crippen LogP) is 2.64.